The molecule has 0 saturated heterocycles. The largest absolute Gasteiger partial charge is 0.263 e. The van der Waals surface area contributed by atoms with Gasteiger partial charge in [0.15, 0.2) is 5.82 Å². The fraction of sp³-hybridized carbons (Fsp3) is 0.143. The lowest BCUT2D eigenvalue weighted by Crippen LogP contribution is -1.83. The quantitative estimate of drug-likeness (QED) is 0.725. The molecule has 0 amide bonds. The number of aromatic amines is 1. The molecule has 0 aliphatic carbocycles. The highest BCUT2D eigenvalue weighted by Crippen LogP contribution is 2.21. The Labute approximate surface area is 99.5 Å². The van der Waals surface area contributed by atoms with E-state index in [4.69, 9.17) is 0 Å². The minimum absolute atomic E-state index is 0.771. The number of nitrogens with zero attached hydrogens (tertiary/aromatic N) is 2. The van der Waals surface area contributed by atoms with Gasteiger partial charge in [-0.1, -0.05) is 43.3 Å². The molecule has 0 aliphatic rings. The van der Waals surface area contributed by atoms with Crippen LogP contribution < -0.4 is 0 Å². The van der Waals surface area contributed by atoms with E-state index in [1.54, 1.807) is 0 Å². The van der Waals surface area contributed by atoms with Crippen LogP contribution in [0.25, 0.3) is 22.2 Å². The van der Waals surface area contributed by atoms with Crippen LogP contribution in [0.15, 0.2) is 42.5 Å². The summed E-state index contributed by atoms with van der Waals surface area (Å²) in [5.74, 6) is 1.70. The van der Waals surface area contributed by atoms with Gasteiger partial charge in [0.25, 0.3) is 0 Å². The molecule has 3 aromatic rings. The van der Waals surface area contributed by atoms with Crippen LogP contribution in [0.1, 0.15) is 12.7 Å². The average molecular weight is 223 g/mol. The molecule has 1 N–H and O–H groups in total. The van der Waals surface area contributed by atoms with Crippen molar-refractivity contribution in [3.8, 4) is 11.4 Å². The molecule has 84 valence electrons. The van der Waals surface area contributed by atoms with Crippen molar-refractivity contribution in [1.29, 1.82) is 0 Å². The first-order valence-electron chi connectivity index (χ1n) is 5.77. The second-order valence-electron chi connectivity index (χ2n) is 4.02. The van der Waals surface area contributed by atoms with Crippen LogP contribution in [0.3, 0.4) is 0 Å². The summed E-state index contributed by atoms with van der Waals surface area (Å²) in [4.78, 5) is 4.44. The Morgan fingerprint density at radius 3 is 2.65 bits per heavy atom. The summed E-state index contributed by atoms with van der Waals surface area (Å²) in [5.41, 5.74) is 1.06. The van der Waals surface area contributed by atoms with Crippen molar-refractivity contribution in [2.75, 3.05) is 0 Å². The number of H-pyrrole nitrogens is 1. The highest BCUT2D eigenvalue weighted by Gasteiger charge is 2.05. The van der Waals surface area contributed by atoms with E-state index < -0.39 is 0 Å². The monoisotopic (exact) mass is 223 g/mol. The van der Waals surface area contributed by atoms with Crippen molar-refractivity contribution in [1.82, 2.24) is 15.2 Å². The van der Waals surface area contributed by atoms with Gasteiger partial charge in [-0.2, -0.15) is 5.10 Å². The van der Waals surface area contributed by atoms with E-state index in [0.717, 1.165) is 23.6 Å². The van der Waals surface area contributed by atoms with Crippen LogP contribution in [-0.4, -0.2) is 15.2 Å². The predicted molar refractivity (Wildman–Crippen MR) is 68.7 cm³/mol. The van der Waals surface area contributed by atoms with Gasteiger partial charge in [-0.05, 0) is 16.8 Å². The Bertz CT molecular complexity index is 655. The molecule has 0 aliphatic heterocycles. The normalized spacial score (nSPS) is 10.9. The first-order chi connectivity index (χ1) is 8.36. The van der Waals surface area contributed by atoms with Crippen LogP contribution in [0.4, 0.5) is 0 Å². The van der Waals surface area contributed by atoms with E-state index in [-0.39, 0.29) is 0 Å². The summed E-state index contributed by atoms with van der Waals surface area (Å²) in [7, 11) is 0. The number of hydrogen-bond donors (Lipinski definition) is 1. The molecule has 0 fully saturated rings. The van der Waals surface area contributed by atoms with Crippen molar-refractivity contribution in [2.24, 2.45) is 0 Å². The number of nitrogens with one attached hydrogen (secondary N) is 1. The molecule has 3 heteroatoms. The number of hydrogen-bond acceptors (Lipinski definition) is 2. The van der Waals surface area contributed by atoms with Crippen molar-refractivity contribution < 1.29 is 0 Å². The third kappa shape index (κ3) is 1.80. The summed E-state index contributed by atoms with van der Waals surface area (Å²) < 4.78 is 0. The number of aromatic nitrogens is 3. The van der Waals surface area contributed by atoms with Gasteiger partial charge in [0.2, 0.25) is 0 Å². The lowest BCUT2D eigenvalue weighted by Gasteiger charge is -1.99. The molecule has 0 spiro atoms. The molecule has 3 nitrogen and oxygen atoms in total. The standard InChI is InChI=1S/C14H13N3/c1-2-13-15-14(17-16-13)12-8-7-10-5-3-4-6-11(10)9-12/h3-9H,2H2,1H3,(H,15,16,17). The summed E-state index contributed by atoms with van der Waals surface area (Å²) in [5, 5.41) is 9.62. The van der Waals surface area contributed by atoms with Crippen LogP contribution in [-0.2, 0) is 6.42 Å². The van der Waals surface area contributed by atoms with Crippen LogP contribution in [0, 0.1) is 0 Å². The summed E-state index contributed by atoms with van der Waals surface area (Å²) in [6, 6.07) is 14.6. The second kappa shape index (κ2) is 4.01. The predicted octanol–water partition coefficient (Wildman–Crippen LogP) is 3.19. The molecule has 0 bridgehead atoms. The number of aryl methyl sites for hydroxylation is 1. The maximum absolute atomic E-state index is 4.44. The minimum atomic E-state index is 0.771. The molecule has 0 atom stereocenters. The smallest absolute Gasteiger partial charge is 0.181 e. The Morgan fingerprint density at radius 2 is 1.88 bits per heavy atom. The SMILES string of the molecule is CCc1nc(-c2ccc3ccccc3c2)n[nH]1. The average Bonchev–Trinajstić information content (AvgIpc) is 2.87. The zero-order valence-electron chi connectivity index (χ0n) is 9.64. The maximum Gasteiger partial charge on any atom is 0.181 e. The van der Waals surface area contributed by atoms with E-state index in [9.17, 15) is 0 Å². The molecule has 17 heavy (non-hydrogen) atoms. The van der Waals surface area contributed by atoms with Gasteiger partial charge in [-0.25, -0.2) is 4.98 Å². The topological polar surface area (TPSA) is 41.6 Å². The molecular formula is C14H13N3. The van der Waals surface area contributed by atoms with E-state index in [1.165, 1.54) is 10.8 Å². The third-order valence-electron chi connectivity index (χ3n) is 2.87. The van der Waals surface area contributed by atoms with Crippen molar-refractivity contribution >= 4 is 10.8 Å². The molecule has 2 aromatic carbocycles. The molecule has 0 saturated carbocycles. The maximum atomic E-state index is 4.44. The first kappa shape index (κ1) is 10.0. The third-order valence-corrected chi connectivity index (χ3v) is 2.87. The second-order valence-corrected chi connectivity index (χ2v) is 4.02. The zero-order valence-corrected chi connectivity index (χ0v) is 9.64. The number of rotatable bonds is 2. The van der Waals surface area contributed by atoms with Crippen molar-refractivity contribution in [3.63, 3.8) is 0 Å². The lowest BCUT2D eigenvalue weighted by molar-refractivity contribution is 0.946. The number of benzene rings is 2. The highest BCUT2D eigenvalue weighted by molar-refractivity contribution is 5.86. The van der Waals surface area contributed by atoms with Crippen molar-refractivity contribution in [3.05, 3.63) is 48.3 Å². The van der Waals surface area contributed by atoms with E-state index in [0.29, 0.717) is 0 Å². The molecule has 3 rings (SSSR count). The fourth-order valence-corrected chi connectivity index (χ4v) is 1.91. The van der Waals surface area contributed by atoms with Crippen molar-refractivity contribution in [2.45, 2.75) is 13.3 Å². The number of fused-ring (bicyclic) bond motifs is 1. The zero-order chi connectivity index (χ0) is 11.7. The summed E-state index contributed by atoms with van der Waals surface area (Å²) in [6.45, 7) is 2.06. The van der Waals surface area contributed by atoms with Gasteiger partial charge in [0.05, 0.1) is 0 Å². The fourth-order valence-electron chi connectivity index (χ4n) is 1.91. The first-order valence-corrected chi connectivity index (χ1v) is 5.77. The van der Waals surface area contributed by atoms with E-state index >= 15 is 0 Å². The van der Waals surface area contributed by atoms with Gasteiger partial charge in [-0.15, -0.1) is 0 Å². The molecular weight excluding hydrogens is 210 g/mol. The minimum Gasteiger partial charge on any atom is -0.263 e. The van der Waals surface area contributed by atoms with E-state index in [1.807, 2.05) is 12.1 Å². The summed E-state index contributed by atoms with van der Waals surface area (Å²) in [6.07, 6.45) is 0.876. The van der Waals surface area contributed by atoms with Gasteiger partial charge < -0.3 is 0 Å². The highest BCUT2D eigenvalue weighted by atomic mass is 15.2. The molecule has 1 heterocycles. The van der Waals surface area contributed by atoms with Gasteiger partial charge in [0, 0.05) is 12.0 Å². The molecule has 1 aromatic heterocycles. The molecule has 0 unspecified atom stereocenters. The van der Waals surface area contributed by atoms with Crippen LogP contribution >= 0.6 is 0 Å². The Morgan fingerprint density at radius 1 is 1.06 bits per heavy atom. The Hall–Kier alpha value is -2.16. The van der Waals surface area contributed by atoms with Gasteiger partial charge in [0.1, 0.15) is 5.82 Å². The van der Waals surface area contributed by atoms with Crippen LogP contribution in [0.2, 0.25) is 0 Å². The lowest BCUT2D eigenvalue weighted by atomic mass is 10.1. The van der Waals surface area contributed by atoms with Crippen LogP contribution in [0.5, 0.6) is 0 Å². The Kier molecular flexibility index (Phi) is 2.37. The van der Waals surface area contributed by atoms with Gasteiger partial charge >= 0.3 is 0 Å². The van der Waals surface area contributed by atoms with E-state index in [2.05, 4.69) is 52.4 Å². The molecule has 0 radical (unpaired) electrons. The summed E-state index contributed by atoms with van der Waals surface area (Å²) >= 11 is 0. The Balaban J connectivity index is 2.11. The van der Waals surface area contributed by atoms with Gasteiger partial charge in [-0.3, -0.25) is 5.10 Å².